The number of benzene rings is 1. The number of halogens is 1. The zero-order valence-corrected chi connectivity index (χ0v) is 16.7. The van der Waals surface area contributed by atoms with Crippen LogP contribution in [-0.4, -0.2) is 21.7 Å². The average Bonchev–Trinajstić information content (AvgIpc) is 2.76. The molecule has 0 bridgehead atoms. The predicted molar refractivity (Wildman–Crippen MR) is 100.0 cm³/mol. The fraction of sp³-hybridized carbons (Fsp3) is 0.556. The Morgan fingerprint density at radius 2 is 1.96 bits per heavy atom. The van der Waals surface area contributed by atoms with Gasteiger partial charge in [-0.05, 0) is 50.8 Å². The van der Waals surface area contributed by atoms with E-state index in [-0.39, 0.29) is 11.5 Å². The number of imidazole rings is 1. The van der Waals surface area contributed by atoms with Gasteiger partial charge in [0.15, 0.2) is 0 Å². The van der Waals surface area contributed by atoms with Crippen molar-refractivity contribution in [2.75, 3.05) is 0 Å². The number of carbonyl (C=O) groups excluding carboxylic acids is 1. The molecule has 1 aromatic heterocycles. The lowest BCUT2D eigenvalue weighted by atomic mass is 9.88. The van der Waals surface area contributed by atoms with Crippen LogP contribution in [0.5, 0.6) is 0 Å². The Hall–Kier alpha value is -1.56. The van der Waals surface area contributed by atoms with Crippen molar-refractivity contribution >= 4 is 33.1 Å². The molecule has 1 unspecified atom stereocenters. The van der Waals surface area contributed by atoms with Gasteiger partial charge >= 0.3 is 6.09 Å². The number of fused-ring (bicyclic) bond motifs is 1. The molecule has 0 aliphatic rings. The Morgan fingerprint density at radius 1 is 1.29 bits per heavy atom. The van der Waals surface area contributed by atoms with Crippen LogP contribution in [0.1, 0.15) is 59.8 Å². The second-order valence-electron chi connectivity index (χ2n) is 8.25. The summed E-state index contributed by atoms with van der Waals surface area (Å²) in [4.78, 5) is 20.2. The number of ether oxygens (including phenoxy) is 1. The van der Waals surface area contributed by atoms with Gasteiger partial charge in [0.05, 0.1) is 17.1 Å². The van der Waals surface area contributed by atoms with Gasteiger partial charge in [-0.1, -0.05) is 36.7 Å². The molecular formula is C18H26BrN3O2. The quantitative estimate of drug-likeness (QED) is 0.737. The molecule has 0 spiro atoms. The van der Waals surface area contributed by atoms with Crippen LogP contribution in [0, 0.1) is 5.41 Å². The fourth-order valence-corrected chi connectivity index (χ4v) is 2.81. The van der Waals surface area contributed by atoms with E-state index in [1.165, 1.54) is 0 Å². The van der Waals surface area contributed by atoms with Crippen LogP contribution in [-0.2, 0) is 4.74 Å². The van der Waals surface area contributed by atoms with E-state index < -0.39 is 11.7 Å². The number of amides is 1. The second-order valence-corrected chi connectivity index (χ2v) is 9.16. The van der Waals surface area contributed by atoms with Crippen LogP contribution >= 0.6 is 15.9 Å². The molecule has 0 aliphatic carbocycles. The third kappa shape index (κ3) is 5.51. The van der Waals surface area contributed by atoms with Gasteiger partial charge in [-0.2, -0.15) is 0 Å². The molecule has 2 N–H and O–H groups in total. The van der Waals surface area contributed by atoms with Crippen molar-refractivity contribution in [1.29, 1.82) is 0 Å². The van der Waals surface area contributed by atoms with Crippen LogP contribution in [0.2, 0.25) is 0 Å². The molecule has 24 heavy (non-hydrogen) atoms. The zero-order valence-electron chi connectivity index (χ0n) is 15.2. The second kappa shape index (κ2) is 6.75. The lowest BCUT2D eigenvalue weighted by molar-refractivity contribution is 0.0489. The summed E-state index contributed by atoms with van der Waals surface area (Å²) in [5.41, 5.74) is 1.30. The highest BCUT2D eigenvalue weighted by atomic mass is 79.9. The minimum Gasteiger partial charge on any atom is -0.444 e. The fourth-order valence-electron chi connectivity index (χ4n) is 2.44. The largest absolute Gasteiger partial charge is 0.444 e. The topological polar surface area (TPSA) is 67.0 Å². The standard InChI is InChI=1S/C18H26BrN3O2/c1-17(2,3)10-14(22-16(23)24-18(4,5)6)15-20-12-8-7-11(19)9-13(12)21-15/h7-9,14H,10H2,1-6H3,(H,20,21)(H,22,23). The van der Waals surface area contributed by atoms with Gasteiger partial charge in [-0.3, -0.25) is 0 Å². The van der Waals surface area contributed by atoms with Crippen molar-refractivity contribution in [3.8, 4) is 0 Å². The number of H-pyrrole nitrogens is 1. The summed E-state index contributed by atoms with van der Waals surface area (Å²) in [6.45, 7) is 12.0. The van der Waals surface area contributed by atoms with E-state index in [0.29, 0.717) is 0 Å². The normalized spacial score (nSPS) is 13.8. The first-order valence-corrected chi connectivity index (χ1v) is 8.87. The zero-order chi connectivity index (χ0) is 18.1. The number of carbonyl (C=O) groups is 1. The SMILES string of the molecule is CC(C)(C)CC(NC(=O)OC(C)(C)C)c1nc2ccc(Br)cc2[nH]1. The summed E-state index contributed by atoms with van der Waals surface area (Å²) >= 11 is 3.46. The Morgan fingerprint density at radius 3 is 2.54 bits per heavy atom. The van der Waals surface area contributed by atoms with E-state index in [4.69, 9.17) is 4.74 Å². The molecule has 1 heterocycles. The van der Waals surface area contributed by atoms with Crippen molar-refractivity contribution in [2.24, 2.45) is 5.41 Å². The van der Waals surface area contributed by atoms with Crippen molar-refractivity contribution in [2.45, 2.75) is 59.6 Å². The molecule has 0 saturated heterocycles. The molecule has 6 heteroatoms. The Kier molecular flexibility index (Phi) is 5.28. The van der Waals surface area contributed by atoms with Gasteiger partial charge in [-0.25, -0.2) is 9.78 Å². The predicted octanol–water partition coefficient (Wildman–Crippen LogP) is 5.33. The number of alkyl carbamates (subject to hydrolysis) is 1. The van der Waals surface area contributed by atoms with Crippen LogP contribution in [0.15, 0.2) is 22.7 Å². The molecular weight excluding hydrogens is 370 g/mol. The number of aromatic amines is 1. The van der Waals surface area contributed by atoms with E-state index in [1.807, 2.05) is 39.0 Å². The van der Waals surface area contributed by atoms with Gasteiger partial charge in [0.25, 0.3) is 0 Å². The maximum atomic E-state index is 12.2. The molecule has 5 nitrogen and oxygen atoms in total. The molecule has 1 amide bonds. The van der Waals surface area contributed by atoms with Crippen LogP contribution in [0.4, 0.5) is 4.79 Å². The van der Waals surface area contributed by atoms with E-state index in [9.17, 15) is 4.79 Å². The van der Waals surface area contributed by atoms with E-state index in [1.54, 1.807) is 0 Å². The van der Waals surface area contributed by atoms with E-state index in [0.717, 1.165) is 27.8 Å². The van der Waals surface area contributed by atoms with Crippen molar-refractivity contribution in [3.63, 3.8) is 0 Å². The highest BCUT2D eigenvalue weighted by Gasteiger charge is 2.26. The number of nitrogens with one attached hydrogen (secondary N) is 2. The third-order valence-corrected chi connectivity index (χ3v) is 3.79. The highest BCUT2D eigenvalue weighted by molar-refractivity contribution is 9.10. The maximum absolute atomic E-state index is 12.2. The summed E-state index contributed by atoms with van der Waals surface area (Å²) in [7, 11) is 0. The van der Waals surface area contributed by atoms with E-state index >= 15 is 0 Å². The summed E-state index contributed by atoms with van der Waals surface area (Å²) in [6, 6.07) is 5.63. The minimum atomic E-state index is -0.533. The lowest BCUT2D eigenvalue weighted by Gasteiger charge is -2.27. The summed E-state index contributed by atoms with van der Waals surface area (Å²) in [6.07, 6.45) is 0.311. The smallest absolute Gasteiger partial charge is 0.408 e. The Bertz CT molecular complexity index is 726. The Balaban J connectivity index is 2.28. The van der Waals surface area contributed by atoms with Gasteiger partial charge in [0, 0.05) is 4.47 Å². The van der Waals surface area contributed by atoms with Crippen molar-refractivity contribution < 1.29 is 9.53 Å². The van der Waals surface area contributed by atoms with Crippen molar-refractivity contribution in [1.82, 2.24) is 15.3 Å². The molecule has 0 saturated carbocycles. The first-order valence-electron chi connectivity index (χ1n) is 8.08. The summed E-state index contributed by atoms with van der Waals surface area (Å²) in [5, 5.41) is 2.96. The molecule has 0 fully saturated rings. The van der Waals surface area contributed by atoms with Crippen molar-refractivity contribution in [3.05, 3.63) is 28.5 Å². The molecule has 1 aromatic carbocycles. The molecule has 0 radical (unpaired) electrons. The monoisotopic (exact) mass is 395 g/mol. The van der Waals surface area contributed by atoms with Crippen LogP contribution in [0.3, 0.4) is 0 Å². The van der Waals surface area contributed by atoms with Gasteiger partial charge in [0.1, 0.15) is 11.4 Å². The number of hydrogen-bond donors (Lipinski definition) is 2. The maximum Gasteiger partial charge on any atom is 0.408 e. The van der Waals surface area contributed by atoms with Crippen LogP contribution < -0.4 is 5.32 Å². The highest BCUT2D eigenvalue weighted by Crippen LogP contribution is 2.30. The van der Waals surface area contributed by atoms with Gasteiger partial charge < -0.3 is 15.0 Å². The van der Waals surface area contributed by atoms with Gasteiger partial charge in [0.2, 0.25) is 0 Å². The minimum absolute atomic E-state index is 0.0270. The third-order valence-electron chi connectivity index (χ3n) is 3.30. The molecule has 1 atom stereocenters. The molecule has 2 aromatic rings. The Labute approximate surface area is 151 Å². The number of nitrogens with zero attached hydrogens (tertiary/aromatic N) is 1. The van der Waals surface area contributed by atoms with E-state index in [2.05, 4.69) is 52.0 Å². The summed E-state index contributed by atoms with van der Waals surface area (Å²) in [5.74, 6) is 0.740. The van der Waals surface area contributed by atoms with Gasteiger partial charge in [-0.15, -0.1) is 0 Å². The lowest BCUT2D eigenvalue weighted by Crippen LogP contribution is -2.36. The molecule has 2 rings (SSSR count). The number of hydrogen-bond acceptors (Lipinski definition) is 3. The first kappa shape index (κ1) is 18.8. The molecule has 0 aliphatic heterocycles. The number of rotatable bonds is 3. The first-order chi connectivity index (χ1) is 10.9. The summed E-state index contributed by atoms with van der Waals surface area (Å²) < 4.78 is 6.38. The van der Waals surface area contributed by atoms with Crippen LogP contribution in [0.25, 0.3) is 11.0 Å². The number of aromatic nitrogens is 2. The average molecular weight is 396 g/mol. The molecule has 132 valence electrons.